The van der Waals surface area contributed by atoms with Crippen LogP contribution < -0.4 is 58.7 Å². The summed E-state index contributed by atoms with van der Waals surface area (Å²) in [6, 6.07) is 8.78. The highest BCUT2D eigenvalue weighted by Crippen LogP contribution is 2.55. The summed E-state index contributed by atoms with van der Waals surface area (Å²) in [5.41, 5.74) is 15.9. The van der Waals surface area contributed by atoms with E-state index in [4.69, 9.17) is 19.1 Å². The van der Waals surface area contributed by atoms with Crippen molar-refractivity contribution in [1.29, 1.82) is 0 Å². The van der Waals surface area contributed by atoms with Crippen molar-refractivity contribution in [3.8, 4) is 23.0 Å². The molecule has 2 aromatic heterocycles. The number of aryl methyl sites for hydroxylation is 3. The first kappa shape index (κ1) is 89.9. The predicted molar refractivity (Wildman–Crippen MR) is 487 cm³/mol. The van der Waals surface area contributed by atoms with Crippen LogP contribution in [0.25, 0.3) is 33.4 Å². The van der Waals surface area contributed by atoms with Crippen LogP contribution in [0.1, 0.15) is 279 Å². The van der Waals surface area contributed by atoms with Crippen LogP contribution in [0.5, 0.6) is 23.0 Å². The maximum atomic E-state index is 14.5. The van der Waals surface area contributed by atoms with Crippen LogP contribution in [0.15, 0.2) is 73.4 Å². The first-order chi connectivity index (χ1) is 61.9. The zero-order valence-electron chi connectivity index (χ0n) is 77.1. The zero-order valence-corrected chi connectivity index (χ0v) is 78.8. The Kier molecular flexibility index (Phi) is 23.6. The topological polar surface area (TPSA) is 311 Å². The number of imide groups is 2. The van der Waals surface area contributed by atoms with E-state index in [1.807, 2.05) is 35.2 Å². The quantitative estimate of drug-likeness (QED) is 0.0222. The van der Waals surface area contributed by atoms with Crippen molar-refractivity contribution >= 4 is 107 Å². The molecule has 13 aliphatic heterocycles. The van der Waals surface area contributed by atoms with Gasteiger partial charge in [-0.3, -0.25) is 24.0 Å². The van der Waals surface area contributed by atoms with E-state index in [-0.39, 0.29) is 55.6 Å². The van der Waals surface area contributed by atoms with Gasteiger partial charge < -0.3 is 43.0 Å². The van der Waals surface area contributed by atoms with Gasteiger partial charge in [-0.2, -0.15) is 0 Å². The lowest BCUT2D eigenvalue weighted by atomic mass is 9.79. The first-order valence-corrected chi connectivity index (χ1v) is 50.4. The van der Waals surface area contributed by atoms with Crippen LogP contribution in [-0.4, -0.2) is 165 Å². The molecule has 130 heavy (non-hydrogen) atoms. The van der Waals surface area contributed by atoms with Crippen LogP contribution >= 0.6 is 0 Å². The van der Waals surface area contributed by atoms with Crippen LogP contribution in [0.3, 0.4) is 0 Å². The number of carbonyl (C=O) groups excluding carboxylic acids is 7. The standard InChI is InChI=1S/C51H61N6O9S.C49H60N5O8S/c1-7-9-18-53-23-24-54(29-42(60)52-21-16-32(17-22-52)49(61)66-57-40(58)14-15-41(57)59)48(53)43-38-25-36-31(8-2)27-50(3,4)55-19-10-12-34(44(36)55)46(38)65-47-35-13-11-20-56-45(35)37(26-39(43)47)33(28-51(56,5)6)30-67(62,63)64;1-7-9-20-50-24-25-51(21-12-10-11-17-41(57)62-54-39(55)18-19-40(54)56)47(50)42-37-26-35-31(8-2)28-48(3,4)52-22-13-15-33(43(35)52)45(37)61-46-34-16-14-23-53-44(34)36(27-38(42)46)32(29-49(53,5)6)30-63(58,59)60/h23-28,32H,7-22,29-30H2,1-6H3;24-29H,7-23,30H2,1-6H3/q2*+1. The number of allylic oxidation sites excluding steroid dienone is 2. The summed E-state index contributed by atoms with van der Waals surface area (Å²) in [5.74, 6) is -0.0868. The molecule has 13 aliphatic rings. The molecule has 0 spiro atoms. The van der Waals surface area contributed by atoms with E-state index in [9.17, 15) is 59.5 Å². The van der Waals surface area contributed by atoms with Gasteiger partial charge in [-0.25, -0.2) is 53.8 Å². The van der Waals surface area contributed by atoms with Gasteiger partial charge in [0.1, 0.15) is 60.9 Å². The molecule has 3 saturated heterocycles. The molecular weight excluding hydrogens is 1690 g/mol. The van der Waals surface area contributed by atoms with Crippen molar-refractivity contribution in [2.45, 2.75) is 286 Å². The lowest BCUT2D eigenvalue weighted by molar-refractivity contribution is -0.699. The molecule has 0 saturated carbocycles. The SMILES string of the molecule is CCCCn1cc[n+](CC(=O)N2CCC(C(=O)ON3C(=O)CCC3=O)CC2)c1C1=c2cc3c4c(c2Oc2c1cc1c5c2CCCN5C(C)(C)C=C1CS(=O)(=O)[O-])CCC[N+]=4C(C)(C)C=C3CC.CCCCn1cc[n+](CCCCCC(=O)ON2C(=O)CCC2=O)c1C1=c2cc3c4c(c2Oc2c1cc1c5c2CCCN5C(C)(C)C=C1CS(=O)(=O)[O-])CCC[N+]=4C(C)(C)C=C3CC. The molecule has 28 nitrogen and oxygen atoms in total. The molecule has 19 rings (SSSR count). The molecule has 0 N–H and O–H groups in total. The smallest absolute Gasteiger partial charge is 0.336 e. The first-order valence-electron chi connectivity index (χ1n) is 47.3. The van der Waals surface area contributed by atoms with E-state index in [0.717, 1.165) is 218 Å². The molecular formula is C100H121N11O17S2+2. The number of ether oxygens (including phenoxy) is 2. The Labute approximate surface area is 760 Å². The summed E-state index contributed by atoms with van der Waals surface area (Å²) in [5, 5.41) is 5.58. The van der Waals surface area contributed by atoms with Gasteiger partial charge in [0.25, 0.3) is 41.2 Å². The van der Waals surface area contributed by atoms with Gasteiger partial charge in [-0.15, -0.1) is 10.1 Å². The number of likely N-dealkylation sites (tertiary alicyclic amines) is 1. The van der Waals surface area contributed by atoms with Gasteiger partial charge in [0.15, 0.2) is 17.6 Å². The van der Waals surface area contributed by atoms with Gasteiger partial charge >= 0.3 is 11.9 Å². The third-order valence-corrected chi connectivity index (χ3v) is 30.3. The Morgan fingerprint density at radius 2 is 0.923 bits per heavy atom. The van der Waals surface area contributed by atoms with E-state index in [0.29, 0.717) is 85.1 Å². The van der Waals surface area contributed by atoms with Crippen LogP contribution in [0.2, 0.25) is 0 Å². The number of hydrogen-bond donors (Lipinski definition) is 0. The number of amides is 5. The molecule has 15 heterocycles. The molecule has 5 amide bonds. The second kappa shape index (κ2) is 34.2. The number of benzene rings is 4. The molecule has 6 aromatic rings. The lowest BCUT2D eigenvalue weighted by Crippen LogP contribution is -2.53. The highest BCUT2D eigenvalue weighted by molar-refractivity contribution is 7.86. The largest absolute Gasteiger partial charge is 0.748 e. The number of aromatic nitrogens is 4. The van der Waals surface area contributed by atoms with E-state index < -0.39 is 84.3 Å². The number of anilines is 2. The number of fused-ring (bicyclic) bond motifs is 8. The summed E-state index contributed by atoms with van der Waals surface area (Å²) in [7, 11) is -9.27. The normalized spacial score (nSPS) is 19.8. The summed E-state index contributed by atoms with van der Waals surface area (Å²) >= 11 is 0. The maximum Gasteiger partial charge on any atom is 0.336 e. The number of hydroxylamine groups is 4. The number of piperidine rings is 1. The minimum atomic E-state index is -4.66. The molecule has 0 aliphatic carbocycles. The number of nitrogens with zero attached hydrogens (tertiary/aromatic N) is 11. The number of hydrogen-bond acceptors (Lipinski definition) is 19. The Morgan fingerprint density at radius 1 is 0.485 bits per heavy atom. The molecule has 0 radical (unpaired) electrons. The Morgan fingerprint density at radius 3 is 1.37 bits per heavy atom. The summed E-state index contributed by atoms with van der Waals surface area (Å²) < 4.78 is 105. The second-order valence-electron chi connectivity index (χ2n) is 39.6. The van der Waals surface area contributed by atoms with E-state index in [2.05, 4.69) is 158 Å². The fraction of sp³-hybridized carbons (Fsp3) is 0.530. The molecule has 3 fully saturated rings. The van der Waals surface area contributed by atoms with Crippen molar-refractivity contribution in [2.75, 3.05) is 60.6 Å². The highest BCUT2D eigenvalue weighted by Gasteiger charge is 2.49. The lowest BCUT2D eigenvalue weighted by Gasteiger charge is -2.47. The third-order valence-electron chi connectivity index (χ3n) is 28.9. The van der Waals surface area contributed by atoms with Crippen molar-refractivity contribution in [3.63, 3.8) is 0 Å². The third kappa shape index (κ3) is 16.2. The predicted octanol–water partition coefficient (Wildman–Crippen LogP) is 9.86. The highest BCUT2D eigenvalue weighted by atomic mass is 32.2. The van der Waals surface area contributed by atoms with Crippen molar-refractivity contribution in [1.82, 2.24) is 33.3 Å². The molecule has 30 heteroatoms. The van der Waals surface area contributed by atoms with Gasteiger partial charge in [0.2, 0.25) is 10.7 Å². The zero-order chi connectivity index (χ0) is 91.9. The fourth-order valence-corrected chi connectivity index (χ4v) is 24.2. The minimum Gasteiger partial charge on any atom is -0.748 e. The Hall–Kier alpha value is -10.7. The maximum absolute atomic E-state index is 14.5. The van der Waals surface area contributed by atoms with E-state index >= 15 is 0 Å². The van der Waals surface area contributed by atoms with Crippen molar-refractivity contribution < 1.29 is 87.8 Å². The summed E-state index contributed by atoms with van der Waals surface area (Å²) in [6.07, 6.45) is 32.3. The Balaban J connectivity index is 0.000000175. The molecule has 0 atom stereocenters. The monoisotopic (exact) mass is 1810 g/mol. The Bertz CT molecular complexity index is 6510. The average molecular weight is 1810 g/mol. The number of rotatable bonds is 25. The van der Waals surface area contributed by atoms with Gasteiger partial charge in [-0.1, -0.05) is 52.7 Å². The van der Waals surface area contributed by atoms with Gasteiger partial charge in [0, 0.05) is 143 Å². The summed E-state index contributed by atoms with van der Waals surface area (Å²) in [6.45, 7) is 32.4. The fourth-order valence-electron chi connectivity index (χ4n) is 22.9. The minimum absolute atomic E-state index is 0.00853. The number of imidazole rings is 2. The average Bonchev–Trinajstić information content (AvgIpc) is 0.954. The summed E-state index contributed by atoms with van der Waals surface area (Å²) in [4.78, 5) is 105. The number of unbranched alkanes of at least 4 members (excludes halogenated alkanes) is 4. The van der Waals surface area contributed by atoms with Crippen molar-refractivity contribution in [3.05, 3.63) is 162 Å². The molecule has 0 unspecified atom stereocenters. The van der Waals surface area contributed by atoms with Gasteiger partial charge in [-0.05, 0) is 183 Å². The molecule has 0 bridgehead atoms. The van der Waals surface area contributed by atoms with Crippen LogP contribution in [0.4, 0.5) is 11.4 Å². The van der Waals surface area contributed by atoms with Crippen LogP contribution in [-0.2, 0) is 115 Å². The van der Waals surface area contributed by atoms with Crippen molar-refractivity contribution in [2.24, 2.45) is 5.92 Å². The molecule has 4 aromatic carbocycles. The van der Waals surface area contributed by atoms with Crippen LogP contribution in [0, 0.1) is 5.92 Å². The second-order valence-corrected chi connectivity index (χ2v) is 42.4. The molecule has 688 valence electrons. The number of carbonyl (C=O) groups is 7. The van der Waals surface area contributed by atoms with E-state index in [1.54, 1.807) is 4.90 Å². The van der Waals surface area contributed by atoms with E-state index in [1.165, 1.54) is 44.1 Å². The van der Waals surface area contributed by atoms with Gasteiger partial charge in [0.05, 0.1) is 113 Å².